The van der Waals surface area contributed by atoms with Crippen LogP contribution in [0.15, 0.2) is 48.6 Å². The van der Waals surface area contributed by atoms with E-state index in [1.807, 2.05) is 0 Å². The van der Waals surface area contributed by atoms with Crippen molar-refractivity contribution in [1.29, 1.82) is 0 Å². The highest BCUT2D eigenvalue weighted by atomic mass is 16.7. The second kappa shape index (κ2) is 36.9. The summed E-state index contributed by atoms with van der Waals surface area (Å²) in [6.07, 6.45) is 31.7. The Morgan fingerprint density at radius 1 is 0.621 bits per heavy atom. The second-order valence-corrected chi connectivity index (χ2v) is 16.1. The van der Waals surface area contributed by atoms with Gasteiger partial charge in [0.15, 0.2) is 6.29 Å². The standard InChI is InChI=1S/C47H85NO10/c1-3-5-7-9-11-13-15-16-17-18-19-20-21-22-23-25-27-29-31-33-35-40(51)46(56)48-38(37-57-47-45(55)44(54)43(53)41(36-49)58-47)42(52)39(50)34-32-30-28-26-24-14-12-10-8-6-4-2/h5,7,10-13,26,28,38-45,47,49-55H,3-4,6,8-9,14-25,27,29-37H2,1-2H3,(H,48,56)/b7-5-,12-10+,13-11-,28-26+. The molecule has 0 aromatic heterocycles. The smallest absolute Gasteiger partial charge is 0.249 e. The molecule has 0 aromatic rings. The molecule has 9 atom stereocenters. The molecule has 8 N–H and O–H groups in total. The number of aliphatic hydroxyl groups is 7. The summed E-state index contributed by atoms with van der Waals surface area (Å²) in [4.78, 5) is 13.1. The maximum Gasteiger partial charge on any atom is 0.249 e. The Kier molecular flexibility index (Phi) is 34.4. The molecule has 338 valence electrons. The molecule has 0 aromatic carbocycles. The van der Waals surface area contributed by atoms with Gasteiger partial charge in [-0.2, -0.15) is 0 Å². The van der Waals surface area contributed by atoms with E-state index >= 15 is 0 Å². The molecule has 0 spiro atoms. The van der Waals surface area contributed by atoms with Crippen molar-refractivity contribution in [1.82, 2.24) is 5.32 Å². The Labute approximate surface area is 351 Å². The van der Waals surface area contributed by atoms with Crippen LogP contribution in [-0.4, -0.2) is 110 Å². The van der Waals surface area contributed by atoms with Crippen LogP contribution >= 0.6 is 0 Å². The van der Waals surface area contributed by atoms with Crippen molar-refractivity contribution in [3.63, 3.8) is 0 Å². The second-order valence-electron chi connectivity index (χ2n) is 16.1. The topological polar surface area (TPSA) is 189 Å². The minimum atomic E-state index is -1.67. The van der Waals surface area contributed by atoms with Gasteiger partial charge in [-0.3, -0.25) is 4.79 Å². The lowest BCUT2D eigenvalue weighted by Crippen LogP contribution is -2.60. The van der Waals surface area contributed by atoms with Gasteiger partial charge in [0.2, 0.25) is 5.91 Å². The molecule has 0 aliphatic carbocycles. The van der Waals surface area contributed by atoms with Gasteiger partial charge in [-0.25, -0.2) is 0 Å². The van der Waals surface area contributed by atoms with Gasteiger partial charge in [-0.05, 0) is 70.6 Å². The fourth-order valence-corrected chi connectivity index (χ4v) is 7.01. The number of carbonyl (C=O) groups is 1. The first kappa shape index (κ1) is 54.1. The van der Waals surface area contributed by atoms with Gasteiger partial charge in [0.05, 0.1) is 25.4 Å². The number of nitrogens with one attached hydrogen (secondary N) is 1. The van der Waals surface area contributed by atoms with Gasteiger partial charge in [0.1, 0.15) is 36.6 Å². The van der Waals surface area contributed by atoms with Gasteiger partial charge in [0, 0.05) is 0 Å². The van der Waals surface area contributed by atoms with Crippen LogP contribution in [0.3, 0.4) is 0 Å². The van der Waals surface area contributed by atoms with E-state index in [2.05, 4.69) is 67.8 Å². The SMILES string of the molecule is CC/C=C\C/C=C\CCCCCCCCCCCCCCCC(O)C(=O)NC(COC1OC(CO)C(O)C(O)C1O)C(O)C(O)CCC/C=C/CC/C=C/CCCC. The summed E-state index contributed by atoms with van der Waals surface area (Å²) in [5.41, 5.74) is 0. The third-order valence-corrected chi connectivity index (χ3v) is 10.8. The number of allylic oxidation sites excluding steroid dienone is 8. The number of hydrogen-bond donors (Lipinski definition) is 8. The highest BCUT2D eigenvalue weighted by Crippen LogP contribution is 2.23. The van der Waals surface area contributed by atoms with Crippen LogP contribution in [0, 0.1) is 0 Å². The first-order valence-electron chi connectivity index (χ1n) is 23.0. The number of rotatable bonds is 37. The highest BCUT2D eigenvalue weighted by molar-refractivity contribution is 5.80. The van der Waals surface area contributed by atoms with Crippen molar-refractivity contribution in [3.8, 4) is 0 Å². The maximum absolute atomic E-state index is 13.1. The van der Waals surface area contributed by atoms with E-state index in [0.717, 1.165) is 51.4 Å². The normalized spacial score (nSPS) is 22.4. The van der Waals surface area contributed by atoms with E-state index in [1.54, 1.807) is 0 Å². The average Bonchev–Trinajstić information content (AvgIpc) is 3.22. The third-order valence-electron chi connectivity index (χ3n) is 10.8. The van der Waals surface area contributed by atoms with Gasteiger partial charge < -0.3 is 50.5 Å². The van der Waals surface area contributed by atoms with E-state index < -0.39 is 74.2 Å². The van der Waals surface area contributed by atoms with Crippen LogP contribution in [0.1, 0.15) is 174 Å². The molecule has 1 heterocycles. The number of aliphatic hydroxyl groups excluding tert-OH is 7. The summed E-state index contributed by atoms with van der Waals surface area (Å²) in [6, 6.07) is -1.19. The molecule has 1 aliphatic rings. The predicted molar refractivity (Wildman–Crippen MR) is 233 cm³/mol. The Hall–Kier alpha value is -1.93. The van der Waals surface area contributed by atoms with Crippen LogP contribution in [0.4, 0.5) is 0 Å². The minimum Gasteiger partial charge on any atom is -0.394 e. The molecular weight excluding hydrogens is 739 g/mol. The number of carbonyl (C=O) groups excluding carboxylic acids is 1. The van der Waals surface area contributed by atoms with Gasteiger partial charge >= 0.3 is 0 Å². The van der Waals surface area contributed by atoms with E-state index in [1.165, 1.54) is 77.0 Å². The van der Waals surface area contributed by atoms with Crippen LogP contribution in [0.2, 0.25) is 0 Å². The van der Waals surface area contributed by atoms with Crippen molar-refractivity contribution in [3.05, 3.63) is 48.6 Å². The van der Waals surface area contributed by atoms with Gasteiger partial charge in [0.25, 0.3) is 0 Å². The first-order valence-corrected chi connectivity index (χ1v) is 23.0. The fraction of sp³-hybridized carbons (Fsp3) is 0.809. The maximum atomic E-state index is 13.1. The van der Waals surface area contributed by atoms with Crippen molar-refractivity contribution in [2.75, 3.05) is 13.2 Å². The number of amides is 1. The molecule has 1 amide bonds. The van der Waals surface area contributed by atoms with Crippen molar-refractivity contribution < 1.29 is 50.0 Å². The van der Waals surface area contributed by atoms with Crippen molar-refractivity contribution >= 4 is 5.91 Å². The molecule has 0 saturated carbocycles. The monoisotopic (exact) mass is 824 g/mol. The van der Waals surface area contributed by atoms with Crippen LogP contribution < -0.4 is 5.32 Å². The predicted octanol–water partition coefficient (Wildman–Crippen LogP) is 7.39. The summed E-state index contributed by atoms with van der Waals surface area (Å²) >= 11 is 0. The fourth-order valence-electron chi connectivity index (χ4n) is 7.01. The highest BCUT2D eigenvalue weighted by Gasteiger charge is 2.44. The zero-order chi connectivity index (χ0) is 42.6. The molecule has 9 unspecified atom stereocenters. The Balaban J connectivity index is 2.42. The van der Waals surface area contributed by atoms with Crippen LogP contribution in [0.25, 0.3) is 0 Å². The van der Waals surface area contributed by atoms with Crippen LogP contribution in [0.5, 0.6) is 0 Å². The number of hydrogen-bond acceptors (Lipinski definition) is 10. The van der Waals surface area contributed by atoms with Crippen molar-refractivity contribution in [2.45, 2.75) is 229 Å². The zero-order valence-corrected chi connectivity index (χ0v) is 36.3. The summed E-state index contributed by atoms with van der Waals surface area (Å²) in [5.74, 6) is -0.715. The molecule has 11 heteroatoms. The molecule has 1 saturated heterocycles. The summed E-state index contributed by atoms with van der Waals surface area (Å²) in [5, 5.41) is 75.5. The van der Waals surface area contributed by atoms with Crippen molar-refractivity contribution in [2.24, 2.45) is 0 Å². The Morgan fingerprint density at radius 2 is 1.14 bits per heavy atom. The largest absolute Gasteiger partial charge is 0.394 e. The number of ether oxygens (including phenoxy) is 2. The summed E-state index contributed by atoms with van der Waals surface area (Å²) < 4.78 is 11.0. The first-order chi connectivity index (χ1) is 28.2. The zero-order valence-electron chi connectivity index (χ0n) is 36.3. The Morgan fingerprint density at radius 3 is 1.72 bits per heavy atom. The molecule has 11 nitrogen and oxygen atoms in total. The molecule has 0 bridgehead atoms. The van der Waals surface area contributed by atoms with Crippen LogP contribution in [-0.2, 0) is 14.3 Å². The van der Waals surface area contributed by atoms with E-state index in [0.29, 0.717) is 19.3 Å². The average molecular weight is 824 g/mol. The lowest BCUT2D eigenvalue weighted by Gasteiger charge is -2.40. The third kappa shape index (κ3) is 26.3. The van der Waals surface area contributed by atoms with Gasteiger partial charge in [-0.1, -0.05) is 152 Å². The van der Waals surface area contributed by atoms with Gasteiger partial charge in [-0.15, -0.1) is 0 Å². The molecule has 1 aliphatic heterocycles. The summed E-state index contributed by atoms with van der Waals surface area (Å²) in [6.45, 7) is 3.25. The lowest BCUT2D eigenvalue weighted by molar-refractivity contribution is -0.303. The molecule has 58 heavy (non-hydrogen) atoms. The quantitative estimate of drug-likeness (QED) is 0.0232. The number of unbranched alkanes of at least 4 members (excludes halogenated alkanes) is 17. The lowest BCUT2D eigenvalue weighted by atomic mass is 9.98. The molecule has 1 rings (SSSR count). The minimum absolute atomic E-state index is 0.244. The Bertz CT molecular complexity index is 1080. The molecule has 1 fully saturated rings. The molecule has 0 radical (unpaired) electrons. The summed E-state index contributed by atoms with van der Waals surface area (Å²) in [7, 11) is 0. The van der Waals surface area contributed by atoms with E-state index in [-0.39, 0.29) is 12.8 Å². The van der Waals surface area contributed by atoms with E-state index in [9.17, 15) is 40.5 Å². The van der Waals surface area contributed by atoms with E-state index in [4.69, 9.17) is 9.47 Å². The molecular formula is C47H85NO10.